The summed E-state index contributed by atoms with van der Waals surface area (Å²) in [5.41, 5.74) is 1.15. The van der Waals surface area contributed by atoms with Gasteiger partial charge in [-0.2, -0.15) is 10.2 Å². The molecule has 0 aliphatic heterocycles. The largest absolute Gasteiger partial charge is 0.356 e. The van der Waals surface area contributed by atoms with Crippen molar-refractivity contribution >= 4 is 17.5 Å². The Hall–Kier alpha value is -1.82. The lowest BCUT2D eigenvalue weighted by Crippen LogP contribution is -2.26. The van der Waals surface area contributed by atoms with Crippen LogP contribution in [-0.2, 0) is 17.9 Å². The first-order chi connectivity index (χ1) is 9.63. The molecule has 0 saturated heterocycles. The number of halogens is 1. The fourth-order valence-electron chi connectivity index (χ4n) is 1.82. The highest BCUT2D eigenvalue weighted by atomic mass is 35.5. The van der Waals surface area contributed by atoms with Gasteiger partial charge in [0, 0.05) is 38.4 Å². The topological polar surface area (TPSA) is 64.7 Å². The van der Waals surface area contributed by atoms with Crippen LogP contribution in [-0.4, -0.2) is 32.0 Å². The van der Waals surface area contributed by atoms with E-state index >= 15 is 0 Å². The normalized spacial score (nSPS) is 10.7. The lowest BCUT2D eigenvalue weighted by molar-refractivity contribution is -0.121. The van der Waals surface area contributed by atoms with E-state index in [1.807, 2.05) is 24.0 Å². The molecule has 0 atom stereocenters. The quantitative estimate of drug-likeness (QED) is 0.790. The molecule has 108 valence electrons. The summed E-state index contributed by atoms with van der Waals surface area (Å²) in [6.45, 7) is 4.00. The zero-order valence-electron chi connectivity index (χ0n) is 11.4. The zero-order valence-corrected chi connectivity index (χ0v) is 12.2. The van der Waals surface area contributed by atoms with Crippen LogP contribution in [0.1, 0.15) is 18.4 Å². The van der Waals surface area contributed by atoms with Gasteiger partial charge < -0.3 is 5.32 Å². The summed E-state index contributed by atoms with van der Waals surface area (Å²) >= 11 is 5.75. The molecule has 6 nitrogen and oxygen atoms in total. The van der Waals surface area contributed by atoms with Gasteiger partial charge in [0.15, 0.2) is 0 Å². The van der Waals surface area contributed by atoms with Crippen molar-refractivity contribution in [3.8, 4) is 0 Å². The molecule has 2 aromatic rings. The molecular formula is C13H18ClN5O. The van der Waals surface area contributed by atoms with E-state index in [4.69, 9.17) is 11.6 Å². The van der Waals surface area contributed by atoms with E-state index in [-0.39, 0.29) is 5.91 Å². The third-order valence-electron chi connectivity index (χ3n) is 2.82. The van der Waals surface area contributed by atoms with Crippen LogP contribution in [0.15, 0.2) is 24.8 Å². The minimum atomic E-state index is 0.0215. The maximum absolute atomic E-state index is 11.6. The summed E-state index contributed by atoms with van der Waals surface area (Å²) in [4.78, 5) is 11.6. The third-order valence-corrected chi connectivity index (χ3v) is 3.01. The lowest BCUT2D eigenvalue weighted by atomic mass is 10.3. The number of amides is 1. The van der Waals surface area contributed by atoms with Gasteiger partial charge in [-0.1, -0.05) is 11.6 Å². The molecule has 0 saturated carbocycles. The zero-order chi connectivity index (χ0) is 14.4. The summed E-state index contributed by atoms with van der Waals surface area (Å²) in [6.07, 6.45) is 8.34. The van der Waals surface area contributed by atoms with Gasteiger partial charge in [0.05, 0.1) is 17.4 Å². The molecular weight excluding hydrogens is 278 g/mol. The second kappa shape index (κ2) is 7.09. The summed E-state index contributed by atoms with van der Waals surface area (Å²) in [5, 5.41) is 11.7. The molecule has 1 N–H and O–H groups in total. The monoisotopic (exact) mass is 295 g/mol. The van der Waals surface area contributed by atoms with E-state index in [9.17, 15) is 4.79 Å². The fraction of sp³-hybridized carbons (Fsp3) is 0.462. The van der Waals surface area contributed by atoms with Crippen molar-refractivity contribution in [3.05, 3.63) is 35.4 Å². The molecule has 0 aromatic carbocycles. The molecule has 7 heteroatoms. The Labute approximate surface area is 122 Å². The van der Waals surface area contributed by atoms with Crippen LogP contribution in [0.3, 0.4) is 0 Å². The Bertz CT molecular complexity index is 563. The second-order valence-electron chi connectivity index (χ2n) is 4.66. The molecule has 0 fully saturated rings. The van der Waals surface area contributed by atoms with Crippen LogP contribution < -0.4 is 5.32 Å². The van der Waals surface area contributed by atoms with E-state index in [0.717, 1.165) is 18.5 Å². The van der Waals surface area contributed by atoms with Crippen molar-refractivity contribution in [1.29, 1.82) is 0 Å². The number of nitrogens with one attached hydrogen (secondary N) is 1. The molecule has 0 bridgehead atoms. The van der Waals surface area contributed by atoms with E-state index in [1.54, 1.807) is 17.1 Å². The van der Waals surface area contributed by atoms with Crippen molar-refractivity contribution in [2.75, 3.05) is 6.54 Å². The molecule has 0 radical (unpaired) electrons. The Morgan fingerprint density at radius 2 is 2.00 bits per heavy atom. The third kappa shape index (κ3) is 4.70. The standard InChI is InChI=1S/C13H18ClN5O/c1-11-7-16-18(9-11)5-2-4-15-13(20)3-6-19-10-12(14)8-17-19/h7-10H,2-6H2,1H3,(H,15,20). The van der Waals surface area contributed by atoms with Gasteiger partial charge in [-0.25, -0.2) is 0 Å². The van der Waals surface area contributed by atoms with Gasteiger partial charge in [0.1, 0.15) is 0 Å². The highest BCUT2D eigenvalue weighted by molar-refractivity contribution is 6.30. The molecule has 0 spiro atoms. The molecule has 2 aromatic heterocycles. The number of carbonyl (C=O) groups is 1. The lowest BCUT2D eigenvalue weighted by Gasteiger charge is -2.05. The van der Waals surface area contributed by atoms with Gasteiger partial charge in [-0.15, -0.1) is 0 Å². The maximum Gasteiger partial charge on any atom is 0.221 e. The molecule has 2 heterocycles. The Balaban J connectivity index is 1.58. The van der Waals surface area contributed by atoms with Crippen molar-refractivity contribution in [2.24, 2.45) is 0 Å². The van der Waals surface area contributed by atoms with E-state index < -0.39 is 0 Å². The van der Waals surface area contributed by atoms with Crippen LogP contribution in [0.4, 0.5) is 0 Å². The highest BCUT2D eigenvalue weighted by Gasteiger charge is 2.02. The van der Waals surface area contributed by atoms with Gasteiger partial charge in [0.25, 0.3) is 0 Å². The highest BCUT2D eigenvalue weighted by Crippen LogP contribution is 2.04. The van der Waals surface area contributed by atoms with Gasteiger partial charge in [0.2, 0.25) is 5.91 Å². The SMILES string of the molecule is Cc1cnn(CCCNC(=O)CCn2cc(Cl)cn2)c1. The Kier molecular flexibility index (Phi) is 5.17. The van der Waals surface area contributed by atoms with E-state index in [0.29, 0.717) is 24.5 Å². The van der Waals surface area contributed by atoms with Crippen LogP contribution in [0.5, 0.6) is 0 Å². The number of rotatable bonds is 7. The number of carbonyl (C=O) groups excluding carboxylic acids is 1. The number of aromatic nitrogens is 4. The van der Waals surface area contributed by atoms with Gasteiger partial charge in [-0.3, -0.25) is 14.2 Å². The molecule has 0 unspecified atom stereocenters. The van der Waals surface area contributed by atoms with E-state index in [2.05, 4.69) is 15.5 Å². The van der Waals surface area contributed by atoms with Crippen molar-refractivity contribution in [1.82, 2.24) is 24.9 Å². The van der Waals surface area contributed by atoms with E-state index in [1.165, 1.54) is 0 Å². The molecule has 0 aliphatic rings. The summed E-state index contributed by atoms with van der Waals surface area (Å²) in [5.74, 6) is 0.0215. The van der Waals surface area contributed by atoms with Gasteiger partial charge >= 0.3 is 0 Å². The minimum Gasteiger partial charge on any atom is -0.356 e. The maximum atomic E-state index is 11.6. The van der Waals surface area contributed by atoms with Crippen molar-refractivity contribution < 1.29 is 4.79 Å². The summed E-state index contributed by atoms with van der Waals surface area (Å²) in [7, 11) is 0. The van der Waals surface area contributed by atoms with Crippen molar-refractivity contribution in [2.45, 2.75) is 32.9 Å². The fourth-order valence-corrected chi connectivity index (χ4v) is 1.98. The first kappa shape index (κ1) is 14.6. The summed E-state index contributed by atoms with van der Waals surface area (Å²) < 4.78 is 3.54. The Morgan fingerprint density at radius 1 is 1.25 bits per heavy atom. The second-order valence-corrected chi connectivity index (χ2v) is 5.09. The Morgan fingerprint density at radius 3 is 2.65 bits per heavy atom. The number of hydrogen-bond acceptors (Lipinski definition) is 3. The smallest absolute Gasteiger partial charge is 0.221 e. The number of hydrogen-bond donors (Lipinski definition) is 1. The number of nitrogens with zero attached hydrogens (tertiary/aromatic N) is 4. The average Bonchev–Trinajstić information content (AvgIpc) is 3.01. The molecule has 1 amide bonds. The predicted octanol–water partition coefficient (Wildman–Crippen LogP) is 1.64. The van der Waals surface area contributed by atoms with Crippen LogP contribution >= 0.6 is 11.6 Å². The van der Waals surface area contributed by atoms with Crippen LogP contribution in [0, 0.1) is 6.92 Å². The minimum absolute atomic E-state index is 0.0215. The first-order valence-electron chi connectivity index (χ1n) is 6.57. The summed E-state index contributed by atoms with van der Waals surface area (Å²) in [6, 6.07) is 0. The average molecular weight is 296 g/mol. The predicted molar refractivity (Wildman–Crippen MR) is 76.4 cm³/mol. The molecule has 0 aliphatic carbocycles. The molecule has 2 rings (SSSR count). The van der Waals surface area contributed by atoms with Gasteiger partial charge in [-0.05, 0) is 18.9 Å². The van der Waals surface area contributed by atoms with Crippen LogP contribution in [0.25, 0.3) is 0 Å². The molecule has 20 heavy (non-hydrogen) atoms. The van der Waals surface area contributed by atoms with Crippen LogP contribution in [0.2, 0.25) is 5.02 Å². The van der Waals surface area contributed by atoms with Crippen molar-refractivity contribution in [3.63, 3.8) is 0 Å². The first-order valence-corrected chi connectivity index (χ1v) is 6.95. The number of aryl methyl sites for hydroxylation is 3.